The zero-order chi connectivity index (χ0) is 21.9. The Kier molecular flexibility index (Phi) is 6.61. The number of ether oxygens (including phenoxy) is 1. The lowest BCUT2D eigenvalue weighted by Crippen LogP contribution is -2.58. The fourth-order valence-corrected chi connectivity index (χ4v) is 3.39. The number of hydrogen-bond acceptors (Lipinski definition) is 5. The molecule has 7 heteroatoms. The Labute approximate surface area is 179 Å². The van der Waals surface area contributed by atoms with Crippen molar-refractivity contribution in [1.82, 2.24) is 20.2 Å². The summed E-state index contributed by atoms with van der Waals surface area (Å²) >= 11 is 0. The number of aromatic nitrogens is 2. The smallest absolute Gasteiger partial charge is 0.317 e. The zero-order valence-electron chi connectivity index (χ0n) is 18.8. The molecule has 0 spiro atoms. The maximum atomic E-state index is 12.4. The fourth-order valence-electron chi connectivity index (χ4n) is 3.39. The van der Waals surface area contributed by atoms with E-state index in [1.807, 2.05) is 26.8 Å². The predicted molar refractivity (Wildman–Crippen MR) is 119 cm³/mol. The van der Waals surface area contributed by atoms with Crippen LogP contribution in [0.5, 0.6) is 0 Å². The summed E-state index contributed by atoms with van der Waals surface area (Å²) in [5, 5.41) is 6.32. The zero-order valence-corrected chi connectivity index (χ0v) is 18.8. The fraction of sp³-hybridized carbons (Fsp3) is 0.522. The Morgan fingerprint density at radius 3 is 2.67 bits per heavy atom. The number of likely N-dealkylation sites (tertiary alicyclic amines) is 1. The van der Waals surface area contributed by atoms with Gasteiger partial charge in [-0.05, 0) is 65.3 Å². The number of carbonyl (C=O) groups excluding carboxylic acids is 1. The van der Waals surface area contributed by atoms with Gasteiger partial charge in [0.2, 0.25) is 5.95 Å². The van der Waals surface area contributed by atoms with Gasteiger partial charge < -0.3 is 20.3 Å². The van der Waals surface area contributed by atoms with Crippen molar-refractivity contribution in [2.75, 3.05) is 18.4 Å². The van der Waals surface area contributed by atoms with Crippen LogP contribution in [0.2, 0.25) is 0 Å². The minimum absolute atomic E-state index is 0.0552. The number of nitrogens with one attached hydrogen (secondary N) is 2. The molecule has 1 aliphatic heterocycles. The van der Waals surface area contributed by atoms with E-state index in [2.05, 4.69) is 59.6 Å². The molecular weight excluding hydrogens is 378 g/mol. The Morgan fingerprint density at radius 1 is 1.27 bits per heavy atom. The minimum Gasteiger partial charge on any atom is -0.372 e. The molecule has 0 radical (unpaired) electrons. The van der Waals surface area contributed by atoms with Gasteiger partial charge in [-0.1, -0.05) is 11.6 Å². The molecule has 1 aromatic heterocycles. The van der Waals surface area contributed by atoms with Gasteiger partial charge in [0.25, 0.3) is 0 Å². The highest BCUT2D eigenvalue weighted by Gasteiger charge is 2.31. The van der Waals surface area contributed by atoms with Crippen LogP contribution < -0.4 is 10.6 Å². The maximum absolute atomic E-state index is 12.4. The molecule has 0 atom stereocenters. The van der Waals surface area contributed by atoms with Crippen molar-refractivity contribution in [3.63, 3.8) is 0 Å². The van der Waals surface area contributed by atoms with Crippen molar-refractivity contribution >= 4 is 12.0 Å². The van der Waals surface area contributed by atoms with E-state index in [0.29, 0.717) is 25.6 Å². The summed E-state index contributed by atoms with van der Waals surface area (Å²) < 4.78 is 5.71. The van der Waals surface area contributed by atoms with Crippen LogP contribution in [0.25, 0.3) is 11.3 Å². The van der Waals surface area contributed by atoms with Crippen molar-refractivity contribution in [1.29, 1.82) is 0 Å². The molecule has 1 aromatic carbocycles. The third-order valence-corrected chi connectivity index (χ3v) is 4.62. The molecular formula is C23H33N5O2. The van der Waals surface area contributed by atoms with Gasteiger partial charge in [-0.25, -0.2) is 14.8 Å². The summed E-state index contributed by atoms with van der Waals surface area (Å²) in [7, 11) is 0. The molecule has 7 nitrogen and oxygen atoms in total. The van der Waals surface area contributed by atoms with E-state index in [-0.39, 0.29) is 23.8 Å². The van der Waals surface area contributed by atoms with Crippen LogP contribution in [0.4, 0.5) is 10.7 Å². The molecule has 30 heavy (non-hydrogen) atoms. The van der Waals surface area contributed by atoms with Crippen molar-refractivity contribution in [3.8, 4) is 11.3 Å². The topological polar surface area (TPSA) is 79.4 Å². The van der Waals surface area contributed by atoms with E-state index in [9.17, 15) is 4.79 Å². The summed E-state index contributed by atoms with van der Waals surface area (Å²) in [6.45, 7) is 14.1. The molecule has 3 rings (SSSR count). The van der Waals surface area contributed by atoms with Gasteiger partial charge in [0.1, 0.15) is 0 Å². The van der Waals surface area contributed by atoms with Gasteiger partial charge >= 0.3 is 6.03 Å². The van der Waals surface area contributed by atoms with Crippen LogP contribution in [-0.4, -0.2) is 51.7 Å². The van der Waals surface area contributed by atoms with Crippen LogP contribution in [0, 0.1) is 6.92 Å². The highest BCUT2D eigenvalue weighted by atomic mass is 16.5. The number of aryl methyl sites for hydroxylation is 1. The lowest BCUT2D eigenvalue weighted by molar-refractivity contribution is -0.0641. The van der Waals surface area contributed by atoms with E-state index in [4.69, 9.17) is 4.74 Å². The van der Waals surface area contributed by atoms with E-state index in [1.54, 1.807) is 11.1 Å². The molecule has 0 aliphatic carbocycles. The first kappa shape index (κ1) is 22.0. The number of benzene rings is 1. The second-order valence-electron chi connectivity index (χ2n) is 9.22. The lowest BCUT2D eigenvalue weighted by Gasteiger charge is -2.39. The van der Waals surface area contributed by atoms with Crippen molar-refractivity contribution in [2.24, 2.45) is 0 Å². The van der Waals surface area contributed by atoms with Gasteiger partial charge in [0, 0.05) is 23.8 Å². The molecule has 1 saturated heterocycles. The molecule has 0 saturated carbocycles. The Balaban J connectivity index is 1.63. The average molecular weight is 412 g/mol. The highest BCUT2D eigenvalue weighted by molar-refractivity contribution is 5.75. The molecule has 1 fully saturated rings. The van der Waals surface area contributed by atoms with Crippen molar-refractivity contribution < 1.29 is 9.53 Å². The summed E-state index contributed by atoms with van der Waals surface area (Å²) in [6, 6.07) is 8.09. The van der Waals surface area contributed by atoms with Crippen LogP contribution in [0.1, 0.15) is 45.7 Å². The van der Waals surface area contributed by atoms with Crippen LogP contribution in [-0.2, 0) is 11.3 Å². The third kappa shape index (κ3) is 6.16. The van der Waals surface area contributed by atoms with E-state index < -0.39 is 0 Å². The van der Waals surface area contributed by atoms with Crippen molar-refractivity contribution in [2.45, 2.75) is 65.8 Å². The molecule has 2 N–H and O–H groups in total. The van der Waals surface area contributed by atoms with Gasteiger partial charge in [0.15, 0.2) is 0 Å². The SMILES string of the molecule is Cc1cc(CNC(=O)N2CC(OC(C)C)C2)cc(-c2ccnc(NC(C)(C)C)n2)c1. The second kappa shape index (κ2) is 9.00. The monoisotopic (exact) mass is 411 g/mol. The Morgan fingerprint density at radius 2 is 2.00 bits per heavy atom. The lowest BCUT2D eigenvalue weighted by atomic mass is 10.0. The molecule has 162 valence electrons. The van der Waals surface area contributed by atoms with Crippen LogP contribution in [0.3, 0.4) is 0 Å². The number of amides is 2. The van der Waals surface area contributed by atoms with Gasteiger partial charge in [-0.3, -0.25) is 0 Å². The summed E-state index contributed by atoms with van der Waals surface area (Å²) in [5.74, 6) is 0.604. The molecule has 1 aliphatic rings. The minimum atomic E-state index is -0.114. The molecule has 2 heterocycles. The summed E-state index contributed by atoms with van der Waals surface area (Å²) in [4.78, 5) is 23.1. The van der Waals surface area contributed by atoms with E-state index >= 15 is 0 Å². The quantitative estimate of drug-likeness (QED) is 0.752. The highest BCUT2D eigenvalue weighted by Crippen LogP contribution is 2.22. The number of anilines is 1. The standard InChI is InChI=1S/C23H33N5O2/c1-15(2)30-19-13-28(14-19)22(29)25-12-17-9-16(3)10-18(11-17)20-7-8-24-21(26-20)27-23(4,5)6/h7-11,15,19H,12-14H2,1-6H3,(H,25,29)(H,24,26,27). The third-order valence-electron chi connectivity index (χ3n) is 4.62. The molecule has 0 unspecified atom stereocenters. The Hall–Kier alpha value is -2.67. The van der Waals surface area contributed by atoms with Gasteiger partial charge in [-0.2, -0.15) is 0 Å². The first-order chi connectivity index (χ1) is 14.1. The molecule has 2 amide bonds. The average Bonchev–Trinajstić information content (AvgIpc) is 2.60. The Bertz CT molecular complexity index is 885. The van der Waals surface area contributed by atoms with Crippen LogP contribution >= 0.6 is 0 Å². The largest absolute Gasteiger partial charge is 0.372 e. The number of hydrogen-bond donors (Lipinski definition) is 2. The van der Waals surface area contributed by atoms with E-state index in [1.165, 1.54) is 0 Å². The number of rotatable bonds is 6. The van der Waals surface area contributed by atoms with Crippen LogP contribution in [0.15, 0.2) is 30.5 Å². The van der Waals surface area contributed by atoms with Gasteiger partial charge in [-0.15, -0.1) is 0 Å². The maximum Gasteiger partial charge on any atom is 0.317 e. The summed E-state index contributed by atoms with van der Waals surface area (Å²) in [6.07, 6.45) is 2.10. The van der Waals surface area contributed by atoms with E-state index in [0.717, 1.165) is 22.4 Å². The van der Waals surface area contributed by atoms with Crippen molar-refractivity contribution in [3.05, 3.63) is 41.6 Å². The van der Waals surface area contributed by atoms with Gasteiger partial charge in [0.05, 0.1) is 31.0 Å². The molecule has 2 aromatic rings. The predicted octanol–water partition coefficient (Wildman–Crippen LogP) is 3.98. The number of carbonyl (C=O) groups is 1. The molecule has 0 bridgehead atoms. The number of urea groups is 1. The number of nitrogens with zero attached hydrogens (tertiary/aromatic N) is 3. The first-order valence-electron chi connectivity index (χ1n) is 10.5. The first-order valence-corrected chi connectivity index (χ1v) is 10.5. The second-order valence-corrected chi connectivity index (χ2v) is 9.22. The summed E-state index contributed by atoms with van der Waals surface area (Å²) in [5.41, 5.74) is 3.90. The normalized spacial score (nSPS) is 14.6.